The van der Waals surface area contributed by atoms with E-state index in [0.717, 1.165) is 123 Å². The van der Waals surface area contributed by atoms with E-state index in [2.05, 4.69) is 174 Å². The number of hydrogen-bond acceptors (Lipinski definition) is 18. The number of epoxide rings is 1. The minimum Gasteiger partial charge on any atom is -0.850 e. The third-order valence-electron chi connectivity index (χ3n) is 16.7. The molecule has 644 valence electrons. The van der Waals surface area contributed by atoms with Gasteiger partial charge in [-0.1, -0.05) is 231 Å². The molecule has 0 aliphatic carbocycles. The first-order chi connectivity index (χ1) is 54.4. The number of thiol groups is 2. The van der Waals surface area contributed by atoms with E-state index < -0.39 is 22.8 Å². The van der Waals surface area contributed by atoms with Gasteiger partial charge in [0, 0.05) is 60.8 Å². The van der Waals surface area contributed by atoms with Crippen molar-refractivity contribution in [2.24, 2.45) is 0 Å². The van der Waals surface area contributed by atoms with Crippen LogP contribution in [-0.2, 0) is 70.6 Å². The van der Waals surface area contributed by atoms with Crippen molar-refractivity contribution in [2.75, 3.05) is 102 Å². The maximum atomic E-state index is 11.9. The fourth-order valence-corrected chi connectivity index (χ4v) is 13.7. The number of thioether (sulfide) groups is 1. The number of unbranched alkanes of at least 4 members (excludes halogenated alkanes) is 10. The van der Waals surface area contributed by atoms with Gasteiger partial charge in [-0.05, 0) is 96.0 Å². The molecule has 19 nitrogen and oxygen atoms in total. The van der Waals surface area contributed by atoms with E-state index in [9.17, 15) is 14.7 Å². The van der Waals surface area contributed by atoms with Crippen LogP contribution in [0.1, 0.15) is 227 Å². The van der Waals surface area contributed by atoms with Crippen molar-refractivity contribution in [1.82, 2.24) is 0 Å². The fraction of sp³-hybridized carbons (Fsp3) is 0.659. The zero-order valence-electron chi connectivity index (χ0n) is 70.7. The van der Waals surface area contributed by atoms with Crippen LogP contribution in [0.25, 0.3) is 19.4 Å². The molecule has 9 unspecified atom stereocenters. The molecule has 0 amide bonds. The summed E-state index contributed by atoms with van der Waals surface area (Å²) in [5.74, 6) is 1.05. The largest absolute Gasteiger partial charge is 1.00 e. The topological polar surface area (TPSA) is 233 Å². The number of benzene rings is 4. The van der Waals surface area contributed by atoms with E-state index >= 15 is 0 Å². The van der Waals surface area contributed by atoms with Crippen LogP contribution in [0.15, 0.2) is 116 Å². The number of carbonyl (C=O) groups excluding carboxylic acids is 2. The Morgan fingerprint density at radius 3 is 1.39 bits per heavy atom. The van der Waals surface area contributed by atoms with Crippen LogP contribution in [0.2, 0.25) is 0 Å². The van der Waals surface area contributed by atoms with Crippen molar-refractivity contribution >= 4 is 126 Å². The first kappa shape index (κ1) is 118. The van der Waals surface area contributed by atoms with E-state index in [0.29, 0.717) is 87.2 Å². The van der Waals surface area contributed by atoms with Crippen molar-refractivity contribution in [2.45, 2.75) is 278 Å². The fourth-order valence-electron chi connectivity index (χ4n) is 11.0. The number of ether oxygens (including phenoxy) is 8. The van der Waals surface area contributed by atoms with Crippen LogP contribution >= 0.6 is 114 Å². The van der Waals surface area contributed by atoms with E-state index in [1.807, 2.05) is 93.6 Å². The van der Waals surface area contributed by atoms with Gasteiger partial charge in [-0.3, -0.25) is 9.59 Å². The van der Waals surface area contributed by atoms with Crippen LogP contribution in [0.3, 0.4) is 0 Å². The van der Waals surface area contributed by atoms with Crippen LogP contribution in [0.4, 0.5) is 0 Å². The monoisotopic (exact) mass is 2030 g/mol. The predicted molar refractivity (Wildman–Crippen MR) is 492 cm³/mol. The van der Waals surface area contributed by atoms with Crippen LogP contribution < -0.4 is 56.5 Å². The average molecular weight is 2040 g/mol. The number of aliphatic hydroxyl groups excluding tert-OH is 4. The number of alkyl halides is 2. The molecule has 4 aliphatic rings. The van der Waals surface area contributed by atoms with Crippen molar-refractivity contribution in [3.05, 3.63) is 174 Å². The van der Waals surface area contributed by atoms with Gasteiger partial charge in [0.2, 0.25) is 6.54 Å². The summed E-state index contributed by atoms with van der Waals surface area (Å²) in [4.78, 5) is 39.9. The molecule has 4 aromatic carbocycles. The molecule has 0 saturated carbocycles. The van der Waals surface area contributed by atoms with Crippen LogP contribution in [0.5, 0.6) is 0 Å². The molecule has 9 atom stereocenters. The molecule has 4 saturated heterocycles. The number of aliphatic hydroxyl groups is 4. The predicted octanol–water partition coefficient (Wildman–Crippen LogP) is 17.7. The Bertz CT molecular complexity index is 3170. The molecule has 4 N–H and O–H groups in total. The third-order valence-corrected chi connectivity index (χ3v) is 20.0. The Morgan fingerprint density at radius 1 is 0.609 bits per heavy atom. The molecular formula is C88H135Br2I2KN4O15S3. The van der Waals surface area contributed by atoms with Gasteiger partial charge >= 0.3 is 63.3 Å². The molecule has 4 heterocycles. The second-order valence-corrected chi connectivity index (χ2v) is 36.0. The summed E-state index contributed by atoms with van der Waals surface area (Å²) < 4.78 is 45.5. The van der Waals surface area contributed by atoms with Gasteiger partial charge < -0.3 is 82.8 Å². The van der Waals surface area contributed by atoms with Gasteiger partial charge in [0.15, 0.2) is 0 Å². The van der Waals surface area contributed by atoms with E-state index in [-0.39, 0.29) is 107 Å². The quantitative estimate of drug-likeness (QED) is 0.00300. The molecule has 115 heavy (non-hydrogen) atoms. The van der Waals surface area contributed by atoms with E-state index in [4.69, 9.17) is 84.6 Å². The minimum atomic E-state index is -0.750. The molecule has 0 radical (unpaired) electrons. The van der Waals surface area contributed by atoms with Crippen molar-refractivity contribution in [3.63, 3.8) is 0 Å². The number of esters is 2. The van der Waals surface area contributed by atoms with Gasteiger partial charge in [0.05, 0.1) is 168 Å². The maximum Gasteiger partial charge on any atom is 1.00 e. The first-order valence-electron chi connectivity index (χ1n) is 39.9. The van der Waals surface area contributed by atoms with Crippen molar-refractivity contribution < 1.29 is 124 Å². The SMILES string of the molecule is CC(C)(C)[O-].CC(I)COCCI.CC(O)COCCO.CC1CO1.CCCCCCCCOC(=O)CCS.OCCO.[C-]#[N+]C1(c2cccc(Br)c2)CCOC(C)C1.[C-]#[N+]C1(c2cccc(S)c2)CCOC(C)C1.[C-]#[N+]C1(c2cccc(SCCC(=O)OCCCCCCCC)c2)CCOC(C)C1.[C-]#[N+]Cc1cccc(Br)c1.[K+]. The average Bonchev–Trinajstić information content (AvgIpc) is 1.53. The Labute approximate surface area is 794 Å². The molecule has 8 rings (SSSR count). The van der Waals surface area contributed by atoms with E-state index in [1.54, 1.807) is 39.5 Å². The molecule has 0 bridgehead atoms. The van der Waals surface area contributed by atoms with Gasteiger partial charge in [-0.15, -0.1) is 30.0 Å². The van der Waals surface area contributed by atoms with Crippen LogP contribution in [0, 0.1) is 26.3 Å². The summed E-state index contributed by atoms with van der Waals surface area (Å²) in [5, 5.41) is 42.1. The number of nitrogens with zero attached hydrogens (tertiary/aromatic N) is 4. The molecule has 0 spiro atoms. The normalized spacial score (nSPS) is 19.8. The Hall–Kier alpha value is -1.55. The molecule has 4 fully saturated rings. The molecule has 4 aromatic rings. The Balaban J connectivity index is -0.00000128. The van der Waals surface area contributed by atoms with Crippen LogP contribution in [-0.4, -0.2) is 174 Å². The second-order valence-electron chi connectivity index (χ2n) is 28.8. The smallest absolute Gasteiger partial charge is 0.850 e. The zero-order valence-corrected chi connectivity index (χ0v) is 84.0. The number of hydrogen-bond donors (Lipinski definition) is 6. The van der Waals surface area contributed by atoms with E-state index in [1.165, 1.54) is 57.8 Å². The van der Waals surface area contributed by atoms with Gasteiger partial charge in [-0.25, -0.2) is 26.3 Å². The molecule has 0 aromatic heterocycles. The molecule has 27 heteroatoms. The standard InChI is InChI=1S/C24H35NO3S.C13H14BrNO.C13H15NOS.C11H22O2S.C8H6BrN.C5H10I2O.C5H12O3.C4H9O.C3H6O.C2H6O2.K/c1-4-5-6-7-8-9-15-28-23(26)13-17-29-22-12-10-11-21(18-22)24(25-3)14-16-27-20(2)19-24;1-10-9-13(15-2,6-7-16-10)11-4-3-5-12(14)8-11;1-10-9-13(14-2,6-7-15-10)11-4-3-5-12(16)8-11;1-2-3-4-5-6-7-9-13-11(12)8-10-14;1-10-6-7-3-2-4-8(9)5-7;2*1-5(7)4-8-3-2-6;1-4(2,3)5;1-3-2-4-3;3-1-2-4;/h10-12,18,20H,4-9,13-17,19H2,1-2H3;3-5,8,10H,6-7,9H2,1H3;3-5,8,10,16H,6-7,9H2,1H3;14H,2-10H2,1H3;2-5H,6H2;5H,2-4H2,1H3;5-7H,2-4H2,1H3;1-3H3;3H,2H2,1H3;3-4H,1-2H2;/q;;;;;;;-1;;;+1. The second kappa shape index (κ2) is 75.0. The van der Waals surface area contributed by atoms with Crippen molar-refractivity contribution in [3.8, 4) is 0 Å². The van der Waals surface area contributed by atoms with Gasteiger partial charge in [-0.2, -0.15) is 12.6 Å². The number of halogens is 4. The van der Waals surface area contributed by atoms with Crippen molar-refractivity contribution in [1.29, 1.82) is 0 Å². The summed E-state index contributed by atoms with van der Waals surface area (Å²) in [7, 11) is 0. The third kappa shape index (κ3) is 64.8. The molecular weight excluding hydrogens is 1900 g/mol. The minimum absolute atomic E-state index is 0. The summed E-state index contributed by atoms with van der Waals surface area (Å²) in [6.45, 7) is 57.4. The molecule has 4 aliphatic heterocycles. The summed E-state index contributed by atoms with van der Waals surface area (Å²) in [6.07, 6.45) is 20.5. The Kier molecular flexibility index (Phi) is 76.7. The Morgan fingerprint density at radius 2 is 1.02 bits per heavy atom. The maximum absolute atomic E-state index is 11.9. The number of carbonyl (C=O) groups is 2. The summed E-state index contributed by atoms with van der Waals surface area (Å²) in [6, 6.07) is 32.0. The van der Waals surface area contributed by atoms with Gasteiger partial charge in [0.1, 0.15) is 0 Å². The number of rotatable bonds is 33. The zero-order chi connectivity index (χ0) is 85.9. The van der Waals surface area contributed by atoms with Gasteiger partial charge in [0.25, 0.3) is 16.6 Å². The first-order valence-corrected chi connectivity index (χ1v) is 46.3. The summed E-state index contributed by atoms with van der Waals surface area (Å²) in [5.41, 5.74) is 2.28. The summed E-state index contributed by atoms with van der Waals surface area (Å²) >= 11 is 21.4.